The maximum Gasteiger partial charge on any atom is 0.373 e. The summed E-state index contributed by atoms with van der Waals surface area (Å²) >= 11 is 5.79. The lowest BCUT2D eigenvalue weighted by molar-refractivity contribution is -0.129. The molecule has 0 fully saturated rings. The number of amides is 1. The van der Waals surface area contributed by atoms with Crippen LogP contribution in [0.2, 0.25) is 5.02 Å². The van der Waals surface area contributed by atoms with E-state index in [0.717, 1.165) is 6.07 Å². The molecule has 1 heterocycles. The van der Waals surface area contributed by atoms with Gasteiger partial charge in [0.05, 0.1) is 11.4 Å². The number of aliphatic carboxylic acids is 1. The van der Waals surface area contributed by atoms with Crippen LogP contribution in [0.3, 0.4) is 0 Å². The van der Waals surface area contributed by atoms with Crippen molar-refractivity contribution in [1.29, 1.82) is 0 Å². The Labute approximate surface area is 128 Å². The van der Waals surface area contributed by atoms with Gasteiger partial charge in [0.2, 0.25) is 11.7 Å². The van der Waals surface area contributed by atoms with Crippen LogP contribution in [0.4, 0.5) is 4.39 Å². The van der Waals surface area contributed by atoms with Crippen LogP contribution < -0.4 is 11.2 Å². The summed E-state index contributed by atoms with van der Waals surface area (Å²) in [6.45, 7) is 0. The Morgan fingerprint density at radius 3 is 2.82 bits per heavy atom. The average Bonchev–Trinajstić information content (AvgIpc) is 2.44. The molecular formula is C13H10ClFN4O3. The summed E-state index contributed by atoms with van der Waals surface area (Å²) in [6.07, 6.45) is 1.11. The largest absolute Gasteiger partial charge is 0.475 e. The molecule has 0 atom stereocenters. The monoisotopic (exact) mass is 324 g/mol. The minimum atomic E-state index is -1.46. The fourth-order valence-corrected chi connectivity index (χ4v) is 1.90. The van der Waals surface area contributed by atoms with Gasteiger partial charge in [-0.15, -0.1) is 5.10 Å². The summed E-state index contributed by atoms with van der Waals surface area (Å²) in [5.41, 5.74) is 7.49. The van der Waals surface area contributed by atoms with E-state index in [1.54, 1.807) is 6.07 Å². The molecule has 0 spiro atoms. The molecule has 0 aliphatic heterocycles. The fourth-order valence-electron chi connectivity index (χ4n) is 1.73. The molecular weight excluding hydrogens is 315 g/mol. The molecule has 114 valence electrons. The van der Waals surface area contributed by atoms with Gasteiger partial charge in [-0.1, -0.05) is 11.6 Å². The second kappa shape index (κ2) is 6.35. The zero-order valence-electron chi connectivity index (χ0n) is 11.0. The number of carbonyl (C=O) groups is 2. The van der Waals surface area contributed by atoms with E-state index >= 15 is 0 Å². The lowest BCUT2D eigenvalue weighted by Gasteiger charge is -2.05. The molecule has 0 aliphatic rings. The van der Waals surface area contributed by atoms with Crippen molar-refractivity contribution in [3.05, 3.63) is 40.8 Å². The van der Waals surface area contributed by atoms with Gasteiger partial charge in [0.1, 0.15) is 11.3 Å². The number of pyridine rings is 1. The number of hydrogen-bond acceptors (Lipinski definition) is 4. The first-order valence-corrected chi connectivity index (χ1v) is 6.33. The van der Waals surface area contributed by atoms with E-state index in [-0.39, 0.29) is 11.9 Å². The van der Waals surface area contributed by atoms with Crippen LogP contribution in [0.1, 0.15) is 5.56 Å². The van der Waals surface area contributed by atoms with E-state index in [1.165, 1.54) is 12.3 Å². The molecule has 0 aliphatic carbocycles. The lowest BCUT2D eigenvalue weighted by atomic mass is 10.1. The van der Waals surface area contributed by atoms with Crippen LogP contribution in [0.15, 0.2) is 29.5 Å². The number of benzene rings is 1. The van der Waals surface area contributed by atoms with Gasteiger partial charge in [-0.05, 0) is 23.8 Å². The number of carboxylic acids is 1. The maximum atomic E-state index is 13.9. The molecule has 2 rings (SSSR count). The third-order valence-corrected chi connectivity index (χ3v) is 2.85. The minimum absolute atomic E-state index is 0.140. The highest BCUT2D eigenvalue weighted by molar-refractivity contribution is 6.33. The van der Waals surface area contributed by atoms with Crippen molar-refractivity contribution in [2.75, 3.05) is 0 Å². The Hall–Kier alpha value is -2.74. The van der Waals surface area contributed by atoms with Gasteiger partial charge >= 0.3 is 5.97 Å². The molecule has 9 heteroatoms. The van der Waals surface area contributed by atoms with Gasteiger partial charge in [0.25, 0.3) is 0 Å². The standard InChI is InChI=1S/C13H10ClFN4O3/c14-8-4-7-1-6(2-9(15)11(7)17-5-8)3-10(20)18-19-12(16)13(21)22/h1-2,4-5H,3H2,(H2,16,19)(H,18,20)(H,21,22). The van der Waals surface area contributed by atoms with Gasteiger partial charge in [-0.25, -0.2) is 14.6 Å². The second-order valence-corrected chi connectivity index (χ2v) is 4.75. The molecule has 0 saturated heterocycles. The number of nitrogens with two attached hydrogens (primary N) is 1. The third kappa shape index (κ3) is 3.67. The Kier molecular flexibility index (Phi) is 4.52. The van der Waals surface area contributed by atoms with Gasteiger partial charge in [-0.3, -0.25) is 9.78 Å². The number of nitrogens with zero attached hydrogens (tertiary/aromatic N) is 2. The molecule has 0 unspecified atom stereocenters. The van der Waals surface area contributed by atoms with Crippen LogP contribution in [-0.4, -0.2) is 27.8 Å². The number of hydrogen-bond donors (Lipinski definition) is 3. The zero-order chi connectivity index (χ0) is 16.3. The number of aromatic nitrogens is 1. The van der Waals surface area contributed by atoms with E-state index in [4.69, 9.17) is 22.4 Å². The quantitative estimate of drug-likeness (QED) is 0.443. The van der Waals surface area contributed by atoms with E-state index in [2.05, 4.69) is 10.1 Å². The van der Waals surface area contributed by atoms with E-state index < -0.39 is 23.5 Å². The maximum absolute atomic E-state index is 13.9. The number of fused-ring (bicyclic) bond motifs is 1. The topological polar surface area (TPSA) is 118 Å². The summed E-state index contributed by atoms with van der Waals surface area (Å²) < 4.78 is 13.9. The first kappa shape index (κ1) is 15.6. The van der Waals surface area contributed by atoms with Crippen molar-refractivity contribution < 1.29 is 19.1 Å². The zero-order valence-corrected chi connectivity index (χ0v) is 11.8. The van der Waals surface area contributed by atoms with Crippen molar-refractivity contribution in [3.63, 3.8) is 0 Å². The number of nitrogens with one attached hydrogen (secondary N) is 1. The third-order valence-electron chi connectivity index (χ3n) is 2.65. The Balaban J connectivity index is 2.19. The predicted molar refractivity (Wildman–Crippen MR) is 77.8 cm³/mol. The molecule has 4 N–H and O–H groups in total. The van der Waals surface area contributed by atoms with Crippen LogP contribution in [0.5, 0.6) is 0 Å². The van der Waals surface area contributed by atoms with Crippen LogP contribution in [0.25, 0.3) is 10.9 Å². The van der Waals surface area contributed by atoms with E-state index in [1.807, 2.05) is 5.43 Å². The number of rotatable bonds is 3. The van der Waals surface area contributed by atoms with Crippen molar-refractivity contribution in [2.24, 2.45) is 10.8 Å². The Morgan fingerprint density at radius 1 is 1.41 bits per heavy atom. The number of hydrazone groups is 1. The smallest absolute Gasteiger partial charge is 0.373 e. The molecule has 0 radical (unpaired) electrons. The van der Waals surface area contributed by atoms with Gasteiger partial charge in [0, 0.05) is 11.6 Å². The number of carboxylic acid groups (broad SMARTS) is 1. The van der Waals surface area contributed by atoms with Crippen LogP contribution in [0, 0.1) is 5.82 Å². The average molecular weight is 325 g/mol. The van der Waals surface area contributed by atoms with Gasteiger partial charge < -0.3 is 10.8 Å². The van der Waals surface area contributed by atoms with Crippen molar-refractivity contribution in [1.82, 2.24) is 10.4 Å². The summed E-state index contributed by atoms with van der Waals surface area (Å²) in [4.78, 5) is 25.9. The van der Waals surface area contributed by atoms with Crippen LogP contribution >= 0.6 is 11.6 Å². The van der Waals surface area contributed by atoms with Crippen LogP contribution in [-0.2, 0) is 16.0 Å². The molecule has 1 amide bonds. The summed E-state index contributed by atoms with van der Waals surface area (Å²) in [5, 5.41) is 12.5. The lowest BCUT2D eigenvalue weighted by Crippen LogP contribution is -2.29. The second-order valence-electron chi connectivity index (χ2n) is 4.32. The number of amidine groups is 1. The van der Waals surface area contributed by atoms with Gasteiger partial charge in [-0.2, -0.15) is 0 Å². The van der Waals surface area contributed by atoms with Crippen molar-refractivity contribution >= 4 is 40.2 Å². The SMILES string of the molecule is NC(=NNC(=O)Cc1cc(F)c2ncc(Cl)cc2c1)C(=O)O. The first-order chi connectivity index (χ1) is 10.4. The molecule has 0 saturated carbocycles. The summed E-state index contributed by atoms with van der Waals surface area (Å²) in [5.74, 6) is -3.45. The molecule has 2 aromatic rings. The first-order valence-electron chi connectivity index (χ1n) is 5.96. The summed E-state index contributed by atoms with van der Waals surface area (Å²) in [6, 6.07) is 4.24. The number of carbonyl (C=O) groups excluding carboxylic acids is 1. The highest BCUT2D eigenvalue weighted by Crippen LogP contribution is 2.21. The normalized spacial score (nSPS) is 11.5. The molecule has 0 bridgehead atoms. The molecule has 22 heavy (non-hydrogen) atoms. The van der Waals surface area contributed by atoms with Crippen molar-refractivity contribution in [2.45, 2.75) is 6.42 Å². The predicted octanol–water partition coefficient (Wildman–Crippen LogP) is 1.04. The summed E-state index contributed by atoms with van der Waals surface area (Å²) in [7, 11) is 0. The molecule has 1 aromatic carbocycles. The Morgan fingerprint density at radius 2 is 2.14 bits per heavy atom. The molecule has 7 nitrogen and oxygen atoms in total. The number of halogens is 2. The van der Waals surface area contributed by atoms with E-state index in [0.29, 0.717) is 16.0 Å². The molecule has 1 aromatic heterocycles. The highest BCUT2D eigenvalue weighted by Gasteiger charge is 2.10. The highest BCUT2D eigenvalue weighted by atomic mass is 35.5. The fraction of sp³-hybridized carbons (Fsp3) is 0.0769. The van der Waals surface area contributed by atoms with Crippen molar-refractivity contribution in [3.8, 4) is 0 Å². The van der Waals surface area contributed by atoms with Gasteiger partial charge in [0.15, 0.2) is 0 Å². The minimum Gasteiger partial charge on any atom is -0.475 e. The van der Waals surface area contributed by atoms with E-state index in [9.17, 15) is 14.0 Å². The Bertz CT molecular complexity index is 794.